The Morgan fingerprint density at radius 1 is 0.469 bits per heavy atom. The molecule has 5 aromatic rings. The molecule has 0 saturated carbocycles. The van der Waals surface area contributed by atoms with E-state index >= 15 is 0 Å². The Kier molecular flexibility index (Phi) is 3.99. The molecule has 0 atom stereocenters. The van der Waals surface area contributed by atoms with Crippen molar-refractivity contribution in [1.82, 2.24) is 0 Å². The molecule has 0 amide bonds. The van der Waals surface area contributed by atoms with Crippen molar-refractivity contribution in [3.8, 4) is 45.3 Å². The molecule has 0 unspecified atom stereocenters. The van der Waals surface area contributed by atoms with Gasteiger partial charge in [-0.15, -0.1) is 0 Å². The first-order chi connectivity index (χ1) is 15.7. The summed E-state index contributed by atoms with van der Waals surface area (Å²) < 4.78 is 22.7. The molecule has 4 nitrogen and oxygen atoms in total. The molecule has 0 spiro atoms. The molecule has 0 radical (unpaired) electrons. The van der Waals surface area contributed by atoms with Gasteiger partial charge >= 0.3 is 0 Å². The predicted molar refractivity (Wildman–Crippen MR) is 130 cm³/mol. The third-order valence-corrected chi connectivity index (χ3v) is 6.57. The van der Waals surface area contributed by atoms with E-state index in [9.17, 15) is 0 Å². The minimum Gasteiger partial charge on any atom is -0.493 e. The molecule has 158 valence electrons. The van der Waals surface area contributed by atoms with Crippen LogP contribution in [-0.4, -0.2) is 28.4 Å². The van der Waals surface area contributed by atoms with Crippen molar-refractivity contribution in [2.75, 3.05) is 28.4 Å². The Morgan fingerprint density at radius 3 is 1.22 bits per heavy atom. The highest BCUT2D eigenvalue weighted by molar-refractivity contribution is 6.30. The van der Waals surface area contributed by atoms with Crippen molar-refractivity contribution in [2.24, 2.45) is 0 Å². The lowest BCUT2D eigenvalue weighted by Crippen LogP contribution is -1.95. The summed E-state index contributed by atoms with van der Waals surface area (Å²) in [4.78, 5) is 0. The average molecular weight is 422 g/mol. The zero-order chi connectivity index (χ0) is 22.0. The highest BCUT2D eigenvalue weighted by Crippen LogP contribution is 2.55. The fraction of sp³-hybridized carbons (Fsp3) is 0.143. The van der Waals surface area contributed by atoms with E-state index in [2.05, 4.69) is 60.7 Å². The summed E-state index contributed by atoms with van der Waals surface area (Å²) in [6.07, 6.45) is 0. The van der Waals surface area contributed by atoms with E-state index in [1.807, 2.05) is 0 Å². The van der Waals surface area contributed by atoms with Crippen LogP contribution >= 0.6 is 0 Å². The first-order valence-corrected chi connectivity index (χ1v) is 10.5. The van der Waals surface area contributed by atoms with Gasteiger partial charge in [0.15, 0.2) is 23.0 Å². The van der Waals surface area contributed by atoms with Crippen LogP contribution in [0.15, 0.2) is 60.7 Å². The van der Waals surface area contributed by atoms with E-state index < -0.39 is 0 Å². The van der Waals surface area contributed by atoms with Crippen molar-refractivity contribution in [2.45, 2.75) is 0 Å². The topological polar surface area (TPSA) is 36.9 Å². The normalized spacial score (nSPS) is 11.8. The molecule has 0 saturated heterocycles. The lowest BCUT2D eigenvalue weighted by Gasteiger charge is -2.18. The first kappa shape index (κ1) is 18.8. The largest absolute Gasteiger partial charge is 0.493 e. The summed E-state index contributed by atoms with van der Waals surface area (Å²) in [6.45, 7) is 0. The van der Waals surface area contributed by atoms with Crippen molar-refractivity contribution in [3.05, 3.63) is 60.7 Å². The molecule has 1 aliphatic carbocycles. The number of hydrogen-bond donors (Lipinski definition) is 0. The number of rotatable bonds is 4. The molecule has 4 heteroatoms. The van der Waals surface area contributed by atoms with Gasteiger partial charge in [-0.3, -0.25) is 0 Å². The van der Waals surface area contributed by atoms with E-state index in [0.717, 1.165) is 21.5 Å². The second-order valence-corrected chi connectivity index (χ2v) is 7.96. The van der Waals surface area contributed by atoms with Gasteiger partial charge in [-0.2, -0.15) is 0 Å². The van der Waals surface area contributed by atoms with Crippen LogP contribution in [-0.2, 0) is 0 Å². The monoisotopic (exact) mass is 422 g/mol. The van der Waals surface area contributed by atoms with E-state index in [1.165, 1.54) is 33.0 Å². The molecule has 0 bridgehead atoms. The number of ether oxygens (including phenoxy) is 4. The van der Waals surface area contributed by atoms with Gasteiger partial charge in [0.25, 0.3) is 0 Å². The summed E-state index contributed by atoms with van der Waals surface area (Å²) in [6, 6.07) is 21.3. The number of methoxy groups -OCH3 is 4. The Morgan fingerprint density at radius 2 is 0.844 bits per heavy atom. The van der Waals surface area contributed by atoms with E-state index in [4.69, 9.17) is 18.9 Å². The van der Waals surface area contributed by atoms with Gasteiger partial charge in [-0.1, -0.05) is 36.4 Å². The van der Waals surface area contributed by atoms with Crippen molar-refractivity contribution in [3.63, 3.8) is 0 Å². The van der Waals surface area contributed by atoms with Gasteiger partial charge in [-0.05, 0) is 78.8 Å². The second-order valence-electron chi connectivity index (χ2n) is 7.96. The second kappa shape index (κ2) is 6.79. The third kappa shape index (κ3) is 2.32. The zero-order valence-electron chi connectivity index (χ0n) is 18.4. The van der Waals surface area contributed by atoms with Crippen LogP contribution in [0.2, 0.25) is 0 Å². The Hall–Kier alpha value is -3.92. The van der Waals surface area contributed by atoms with E-state index in [-0.39, 0.29) is 0 Å². The molecule has 6 rings (SSSR count). The molecule has 1 aliphatic rings. The minimum atomic E-state index is 0.699. The summed E-state index contributed by atoms with van der Waals surface area (Å²) in [7, 11) is 6.68. The van der Waals surface area contributed by atoms with Gasteiger partial charge in [0.05, 0.1) is 28.4 Å². The molecule has 0 fully saturated rings. The van der Waals surface area contributed by atoms with Gasteiger partial charge in [0, 0.05) is 0 Å². The minimum absolute atomic E-state index is 0.699. The third-order valence-electron chi connectivity index (χ3n) is 6.57. The molecular weight excluding hydrogens is 400 g/mol. The predicted octanol–water partition coefficient (Wildman–Crippen LogP) is 6.83. The van der Waals surface area contributed by atoms with Crippen LogP contribution in [0.1, 0.15) is 0 Å². The highest BCUT2D eigenvalue weighted by Gasteiger charge is 2.28. The van der Waals surface area contributed by atoms with E-state index in [0.29, 0.717) is 23.0 Å². The maximum Gasteiger partial charge on any atom is 0.161 e. The Bertz CT molecular complexity index is 1450. The summed E-state index contributed by atoms with van der Waals surface area (Å²) in [5.74, 6) is 2.82. The van der Waals surface area contributed by atoms with Crippen LogP contribution in [0.3, 0.4) is 0 Å². The van der Waals surface area contributed by atoms with Crippen LogP contribution < -0.4 is 18.9 Å². The van der Waals surface area contributed by atoms with Gasteiger partial charge in [0.1, 0.15) is 0 Å². The maximum absolute atomic E-state index is 5.68. The number of fused-ring (bicyclic) bond motifs is 8. The summed E-state index contributed by atoms with van der Waals surface area (Å²) in [5, 5.41) is 6.94. The molecular formula is C28H22O4. The molecule has 0 heterocycles. The van der Waals surface area contributed by atoms with E-state index in [1.54, 1.807) is 28.4 Å². The fourth-order valence-corrected chi connectivity index (χ4v) is 5.20. The van der Waals surface area contributed by atoms with Crippen LogP contribution in [0, 0.1) is 0 Å². The van der Waals surface area contributed by atoms with Crippen molar-refractivity contribution in [1.29, 1.82) is 0 Å². The summed E-state index contributed by atoms with van der Waals surface area (Å²) >= 11 is 0. The summed E-state index contributed by atoms with van der Waals surface area (Å²) in [5.41, 5.74) is 4.91. The Labute approximate surface area is 185 Å². The average Bonchev–Trinajstić information content (AvgIpc) is 3.19. The molecule has 5 aromatic carbocycles. The SMILES string of the molecule is COc1cc2c3c(c4cc(OC)c(OC)cc4c2cc1OC)-c1cccc2cccc-3c12. The number of benzene rings is 5. The molecule has 0 aromatic heterocycles. The highest BCUT2D eigenvalue weighted by atomic mass is 16.5. The zero-order valence-corrected chi connectivity index (χ0v) is 18.4. The number of hydrogen-bond acceptors (Lipinski definition) is 4. The van der Waals surface area contributed by atoms with Gasteiger partial charge in [-0.25, -0.2) is 0 Å². The smallest absolute Gasteiger partial charge is 0.161 e. The Balaban J connectivity index is 1.91. The van der Waals surface area contributed by atoms with Crippen LogP contribution in [0.5, 0.6) is 23.0 Å². The molecule has 0 aliphatic heterocycles. The van der Waals surface area contributed by atoms with Crippen molar-refractivity contribution < 1.29 is 18.9 Å². The first-order valence-electron chi connectivity index (χ1n) is 10.5. The van der Waals surface area contributed by atoms with Crippen LogP contribution in [0.4, 0.5) is 0 Å². The lowest BCUT2D eigenvalue weighted by molar-refractivity contribution is 0.355. The van der Waals surface area contributed by atoms with Gasteiger partial charge in [0.2, 0.25) is 0 Å². The van der Waals surface area contributed by atoms with Gasteiger partial charge < -0.3 is 18.9 Å². The fourth-order valence-electron chi connectivity index (χ4n) is 5.20. The molecule has 32 heavy (non-hydrogen) atoms. The quantitative estimate of drug-likeness (QED) is 0.292. The maximum atomic E-state index is 5.68. The standard InChI is InChI=1S/C28H22O4/c1-29-22-11-18-19-12-23(30-2)25(32-4)14-21(19)28-17-10-6-8-15-7-5-9-16(26(15)17)27(28)20(18)13-24(22)31-3/h5-14H,1-4H3. The molecule has 0 N–H and O–H groups in total. The lowest BCUT2D eigenvalue weighted by atomic mass is 9.89. The van der Waals surface area contributed by atoms with Crippen molar-refractivity contribution >= 4 is 32.3 Å². The van der Waals surface area contributed by atoms with Crippen LogP contribution in [0.25, 0.3) is 54.6 Å².